The summed E-state index contributed by atoms with van der Waals surface area (Å²) in [5.41, 5.74) is 5.53. The fourth-order valence-corrected chi connectivity index (χ4v) is 4.68. The van der Waals surface area contributed by atoms with E-state index >= 15 is 0 Å². The lowest BCUT2D eigenvalue weighted by molar-refractivity contribution is 0.282. The third kappa shape index (κ3) is 29.9. The van der Waals surface area contributed by atoms with Gasteiger partial charge in [0.2, 0.25) is 0 Å². The zero-order valence-corrected chi connectivity index (χ0v) is 21.5. The molecule has 0 saturated heterocycles. The number of aliphatic hydroxyl groups is 1. The van der Waals surface area contributed by atoms with Gasteiger partial charge in [0.05, 0.1) is 0 Å². The number of unbranched alkanes of at least 4 members (excludes halogenated alkanes) is 26. The quantitative estimate of drug-likeness (QED) is 0.119. The number of hydrogen-bond acceptors (Lipinski definition) is 2. The largest absolute Gasteiger partial charge is 0.396 e. The van der Waals surface area contributed by atoms with E-state index in [1.54, 1.807) is 0 Å². The Kier molecular flexibility index (Phi) is 29.8. The molecule has 0 saturated carbocycles. The van der Waals surface area contributed by atoms with E-state index in [-0.39, 0.29) is 0 Å². The Labute approximate surface area is 197 Å². The molecule has 0 aromatic heterocycles. The molecule has 31 heavy (non-hydrogen) atoms. The first-order valence-corrected chi connectivity index (χ1v) is 14.7. The molecule has 2 nitrogen and oxygen atoms in total. The van der Waals surface area contributed by atoms with Crippen molar-refractivity contribution in [1.29, 1.82) is 0 Å². The Morgan fingerprint density at radius 3 is 0.581 bits per heavy atom. The Hall–Kier alpha value is -0.0800. The number of rotatable bonds is 28. The van der Waals surface area contributed by atoms with E-state index < -0.39 is 0 Å². The Bertz CT molecular complexity index is 266. The summed E-state index contributed by atoms with van der Waals surface area (Å²) in [7, 11) is 0. The van der Waals surface area contributed by atoms with E-state index in [9.17, 15) is 0 Å². The number of nitrogens with two attached hydrogens (primary N) is 1. The molecule has 0 aromatic carbocycles. The first kappa shape index (κ1) is 30.9. The highest BCUT2D eigenvalue weighted by atomic mass is 16.2. The van der Waals surface area contributed by atoms with Gasteiger partial charge in [-0.25, -0.2) is 0 Å². The monoisotopic (exact) mass is 439 g/mol. The predicted octanol–water partition coefficient (Wildman–Crippen LogP) is 9.47. The predicted molar refractivity (Wildman–Crippen MR) is 141 cm³/mol. The van der Waals surface area contributed by atoms with Gasteiger partial charge in [-0.3, -0.25) is 0 Å². The van der Waals surface area contributed by atoms with Gasteiger partial charge in [-0.2, -0.15) is 0 Å². The van der Waals surface area contributed by atoms with Crippen LogP contribution >= 0.6 is 0 Å². The molecule has 0 aliphatic heterocycles. The van der Waals surface area contributed by atoms with Crippen molar-refractivity contribution >= 4 is 0 Å². The molecule has 0 unspecified atom stereocenters. The van der Waals surface area contributed by atoms with Crippen molar-refractivity contribution in [2.45, 2.75) is 173 Å². The minimum absolute atomic E-state index is 0.372. The lowest BCUT2D eigenvalue weighted by Crippen LogP contribution is -1.97. The van der Waals surface area contributed by atoms with Crippen LogP contribution in [0.4, 0.5) is 0 Å². The van der Waals surface area contributed by atoms with Crippen LogP contribution in [-0.4, -0.2) is 18.3 Å². The molecule has 0 aliphatic carbocycles. The lowest BCUT2D eigenvalue weighted by Gasteiger charge is -2.04. The third-order valence-electron chi connectivity index (χ3n) is 6.86. The second-order valence-corrected chi connectivity index (χ2v) is 10.1. The van der Waals surface area contributed by atoms with Crippen LogP contribution in [0.15, 0.2) is 0 Å². The lowest BCUT2D eigenvalue weighted by atomic mass is 10.0. The minimum atomic E-state index is 0.372. The van der Waals surface area contributed by atoms with Crippen molar-refractivity contribution in [3.05, 3.63) is 0 Å². The summed E-state index contributed by atoms with van der Waals surface area (Å²) >= 11 is 0. The van der Waals surface area contributed by atoms with Gasteiger partial charge in [0.1, 0.15) is 0 Å². The molecule has 0 amide bonds. The maximum Gasteiger partial charge on any atom is 0.0431 e. The second-order valence-electron chi connectivity index (χ2n) is 10.1. The molecular formula is C29H61NO. The summed E-state index contributed by atoms with van der Waals surface area (Å²) in [6.07, 6.45) is 38.0. The van der Waals surface area contributed by atoms with Gasteiger partial charge in [-0.15, -0.1) is 0 Å². The standard InChI is InChI=1S/C29H61NO/c30-28-26-24-22-20-18-16-14-12-10-8-6-4-2-1-3-5-7-9-11-13-15-17-19-21-23-25-27-29-31/h31H,1-30H2. The van der Waals surface area contributed by atoms with Crippen LogP contribution in [-0.2, 0) is 0 Å². The van der Waals surface area contributed by atoms with E-state index in [4.69, 9.17) is 10.8 Å². The highest BCUT2D eigenvalue weighted by molar-refractivity contribution is 4.52. The SMILES string of the molecule is NCCCCCCCCCCCCCCCCCCCCCCCCCCCCCO. The normalized spacial score (nSPS) is 11.4. The van der Waals surface area contributed by atoms with Crippen LogP contribution in [0.5, 0.6) is 0 Å². The summed E-state index contributed by atoms with van der Waals surface area (Å²) in [6.45, 7) is 1.24. The minimum Gasteiger partial charge on any atom is -0.396 e. The fourth-order valence-electron chi connectivity index (χ4n) is 4.68. The van der Waals surface area contributed by atoms with Crippen LogP contribution in [0.2, 0.25) is 0 Å². The van der Waals surface area contributed by atoms with Gasteiger partial charge in [0, 0.05) is 6.61 Å². The number of hydrogen-bond donors (Lipinski definition) is 2. The van der Waals surface area contributed by atoms with Crippen LogP contribution in [0.3, 0.4) is 0 Å². The smallest absolute Gasteiger partial charge is 0.0431 e. The first-order chi connectivity index (χ1) is 15.4. The molecule has 2 heteroatoms. The fraction of sp³-hybridized carbons (Fsp3) is 1.00. The Morgan fingerprint density at radius 2 is 0.419 bits per heavy atom. The van der Waals surface area contributed by atoms with Gasteiger partial charge < -0.3 is 10.8 Å². The third-order valence-corrected chi connectivity index (χ3v) is 6.86. The molecular weight excluding hydrogens is 378 g/mol. The maximum atomic E-state index is 8.76. The van der Waals surface area contributed by atoms with Crippen LogP contribution in [0.25, 0.3) is 0 Å². The van der Waals surface area contributed by atoms with Crippen molar-refractivity contribution in [2.24, 2.45) is 5.73 Å². The van der Waals surface area contributed by atoms with Crippen molar-refractivity contribution in [1.82, 2.24) is 0 Å². The van der Waals surface area contributed by atoms with E-state index in [0.29, 0.717) is 6.61 Å². The summed E-state index contributed by atoms with van der Waals surface area (Å²) < 4.78 is 0. The molecule has 0 atom stereocenters. The van der Waals surface area contributed by atoms with Crippen LogP contribution in [0.1, 0.15) is 173 Å². The van der Waals surface area contributed by atoms with Crippen molar-refractivity contribution in [3.8, 4) is 0 Å². The maximum absolute atomic E-state index is 8.76. The zero-order valence-electron chi connectivity index (χ0n) is 21.5. The Balaban J connectivity index is 2.98. The Morgan fingerprint density at radius 1 is 0.258 bits per heavy atom. The topological polar surface area (TPSA) is 46.2 Å². The molecule has 0 aliphatic rings. The van der Waals surface area contributed by atoms with Gasteiger partial charge in [-0.05, 0) is 19.4 Å². The summed E-state index contributed by atoms with van der Waals surface area (Å²) in [5, 5.41) is 8.76. The molecule has 0 bridgehead atoms. The second kappa shape index (κ2) is 29.9. The van der Waals surface area contributed by atoms with Gasteiger partial charge in [-0.1, -0.05) is 161 Å². The molecule has 0 radical (unpaired) electrons. The van der Waals surface area contributed by atoms with E-state index in [1.807, 2.05) is 0 Å². The molecule has 0 spiro atoms. The highest BCUT2D eigenvalue weighted by Gasteiger charge is 1.96. The van der Waals surface area contributed by atoms with Gasteiger partial charge in [0.15, 0.2) is 0 Å². The highest BCUT2D eigenvalue weighted by Crippen LogP contribution is 2.16. The summed E-state index contributed by atoms with van der Waals surface area (Å²) in [5.74, 6) is 0. The van der Waals surface area contributed by atoms with Gasteiger partial charge in [0.25, 0.3) is 0 Å². The van der Waals surface area contributed by atoms with Crippen LogP contribution < -0.4 is 5.73 Å². The number of aliphatic hydroxyl groups excluding tert-OH is 1. The van der Waals surface area contributed by atoms with Crippen molar-refractivity contribution in [2.75, 3.05) is 13.2 Å². The molecule has 0 fully saturated rings. The molecule has 0 rings (SSSR count). The summed E-state index contributed by atoms with van der Waals surface area (Å²) in [4.78, 5) is 0. The van der Waals surface area contributed by atoms with E-state index in [0.717, 1.165) is 13.0 Å². The molecule has 3 N–H and O–H groups in total. The van der Waals surface area contributed by atoms with E-state index in [2.05, 4.69) is 0 Å². The molecule has 0 aromatic rings. The average Bonchev–Trinajstić information content (AvgIpc) is 2.78. The van der Waals surface area contributed by atoms with Crippen molar-refractivity contribution < 1.29 is 5.11 Å². The summed E-state index contributed by atoms with van der Waals surface area (Å²) in [6, 6.07) is 0. The molecule has 0 heterocycles. The van der Waals surface area contributed by atoms with Crippen molar-refractivity contribution in [3.63, 3.8) is 0 Å². The zero-order chi connectivity index (χ0) is 22.5. The average molecular weight is 440 g/mol. The van der Waals surface area contributed by atoms with E-state index in [1.165, 1.54) is 167 Å². The van der Waals surface area contributed by atoms with Crippen LogP contribution in [0, 0.1) is 0 Å². The molecule has 188 valence electrons. The first-order valence-electron chi connectivity index (χ1n) is 14.7. The van der Waals surface area contributed by atoms with Gasteiger partial charge >= 0.3 is 0 Å².